The van der Waals surface area contributed by atoms with Gasteiger partial charge in [-0.05, 0) is 34.2 Å². The summed E-state index contributed by atoms with van der Waals surface area (Å²) in [7, 11) is 0. The first-order valence-electron chi connectivity index (χ1n) is 6.96. The van der Waals surface area contributed by atoms with E-state index in [0.29, 0.717) is 12.4 Å². The molecule has 2 aromatic carbocycles. The smallest absolute Gasteiger partial charge is 0.127 e. The molecule has 0 radical (unpaired) electrons. The van der Waals surface area contributed by atoms with Gasteiger partial charge in [0.25, 0.3) is 0 Å². The molecule has 0 saturated heterocycles. The monoisotopic (exact) mass is 306 g/mol. The standard InChI is InChI=1S/C18H20ClFO/c1-18(2,3)15-6-4-13(5-7-15)12-21-17-9-14(11-19)8-16(20)10-17/h4-10H,11-12H2,1-3H3. The Morgan fingerprint density at radius 1 is 1.00 bits per heavy atom. The van der Waals surface area contributed by atoms with Crippen LogP contribution in [0.3, 0.4) is 0 Å². The molecule has 0 spiro atoms. The van der Waals surface area contributed by atoms with Gasteiger partial charge in [-0.2, -0.15) is 0 Å². The van der Waals surface area contributed by atoms with Gasteiger partial charge in [0.1, 0.15) is 18.2 Å². The van der Waals surface area contributed by atoms with E-state index < -0.39 is 0 Å². The first-order valence-corrected chi connectivity index (χ1v) is 7.49. The van der Waals surface area contributed by atoms with E-state index in [4.69, 9.17) is 16.3 Å². The largest absolute Gasteiger partial charge is 0.489 e. The van der Waals surface area contributed by atoms with Crippen LogP contribution >= 0.6 is 11.6 Å². The second kappa shape index (κ2) is 6.48. The molecule has 1 nitrogen and oxygen atoms in total. The van der Waals surface area contributed by atoms with Crippen molar-refractivity contribution in [2.45, 2.75) is 38.7 Å². The van der Waals surface area contributed by atoms with Crippen LogP contribution in [0.1, 0.15) is 37.5 Å². The van der Waals surface area contributed by atoms with Gasteiger partial charge in [0.05, 0.1) is 0 Å². The molecule has 0 N–H and O–H groups in total. The van der Waals surface area contributed by atoms with Crippen molar-refractivity contribution in [3.05, 3.63) is 65.0 Å². The summed E-state index contributed by atoms with van der Waals surface area (Å²) in [6.45, 7) is 6.95. The molecule has 0 aliphatic carbocycles. The SMILES string of the molecule is CC(C)(C)c1ccc(COc2cc(F)cc(CCl)c2)cc1. The predicted octanol–water partition coefficient (Wildman–Crippen LogP) is 5.44. The van der Waals surface area contributed by atoms with E-state index in [1.807, 2.05) is 12.1 Å². The molecule has 0 saturated carbocycles. The van der Waals surface area contributed by atoms with Crippen LogP contribution in [-0.2, 0) is 17.9 Å². The molecule has 0 amide bonds. The summed E-state index contributed by atoms with van der Waals surface area (Å²) in [5.41, 5.74) is 3.19. The minimum Gasteiger partial charge on any atom is -0.489 e. The van der Waals surface area contributed by atoms with Gasteiger partial charge in [0.2, 0.25) is 0 Å². The first-order chi connectivity index (χ1) is 9.88. The summed E-state index contributed by atoms with van der Waals surface area (Å²) in [4.78, 5) is 0. The number of benzene rings is 2. The van der Waals surface area contributed by atoms with Crippen LogP contribution in [0.4, 0.5) is 4.39 Å². The Labute approximate surface area is 130 Å². The summed E-state index contributed by atoms with van der Waals surface area (Å²) in [6.07, 6.45) is 0. The van der Waals surface area contributed by atoms with Crippen molar-refractivity contribution in [3.8, 4) is 5.75 Å². The van der Waals surface area contributed by atoms with Gasteiger partial charge in [-0.1, -0.05) is 45.0 Å². The van der Waals surface area contributed by atoms with Crippen LogP contribution in [0.15, 0.2) is 42.5 Å². The lowest BCUT2D eigenvalue weighted by molar-refractivity contribution is 0.304. The van der Waals surface area contributed by atoms with Crippen molar-refractivity contribution in [2.24, 2.45) is 0 Å². The first kappa shape index (κ1) is 15.8. The Bertz CT molecular complexity index is 600. The summed E-state index contributed by atoms with van der Waals surface area (Å²) in [6, 6.07) is 12.9. The minimum atomic E-state index is -0.328. The third kappa shape index (κ3) is 4.47. The average Bonchev–Trinajstić information content (AvgIpc) is 2.44. The number of alkyl halides is 1. The van der Waals surface area contributed by atoms with E-state index >= 15 is 0 Å². The normalized spacial score (nSPS) is 11.5. The molecule has 0 aromatic heterocycles. The lowest BCUT2D eigenvalue weighted by Gasteiger charge is -2.19. The number of hydrogen-bond acceptors (Lipinski definition) is 1. The highest BCUT2D eigenvalue weighted by Gasteiger charge is 2.12. The molecule has 0 aliphatic heterocycles. The minimum absolute atomic E-state index is 0.136. The number of ether oxygens (including phenoxy) is 1. The second-order valence-electron chi connectivity index (χ2n) is 6.16. The molecule has 0 aliphatic rings. The van der Waals surface area contributed by atoms with Crippen LogP contribution < -0.4 is 4.74 Å². The van der Waals surface area contributed by atoms with Gasteiger partial charge < -0.3 is 4.74 Å². The van der Waals surface area contributed by atoms with Gasteiger partial charge in [0.15, 0.2) is 0 Å². The van der Waals surface area contributed by atoms with E-state index in [1.54, 1.807) is 6.07 Å². The third-order valence-electron chi connectivity index (χ3n) is 3.31. The van der Waals surface area contributed by atoms with Crippen LogP contribution in [0.2, 0.25) is 0 Å². The Kier molecular flexibility index (Phi) is 4.89. The Hall–Kier alpha value is -1.54. The maximum Gasteiger partial charge on any atom is 0.127 e. The lowest BCUT2D eigenvalue weighted by Crippen LogP contribution is -2.10. The summed E-state index contributed by atoms with van der Waals surface area (Å²) in [5, 5.41) is 0. The highest BCUT2D eigenvalue weighted by atomic mass is 35.5. The molecule has 0 fully saturated rings. The summed E-state index contributed by atoms with van der Waals surface area (Å²) >= 11 is 5.73. The maximum absolute atomic E-state index is 13.4. The molecule has 0 bridgehead atoms. The van der Waals surface area contributed by atoms with Gasteiger partial charge >= 0.3 is 0 Å². The summed E-state index contributed by atoms with van der Waals surface area (Å²) < 4.78 is 19.0. The molecule has 112 valence electrons. The maximum atomic E-state index is 13.4. The predicted molar refractivity (Wildman–Crippen MR) is 85.4 cm³/mol. The molecule has 3 heteroatoms. The highest BCUT2D eigenvalue weighted by molar-refractivity contribution is 6.17. The quantitative estimate of drug-likeness (QED) is 0.683. The fraction of sp³-hybridized carbons (Fsp3) is 0.333. The second-order valence-corrected chi connectivity index (χ2v) is 6.43. The molecular weight excluding hydrogens is 287 g/mol. The van der Waals surface area contributed by atoms with E-state index in [0.717, 1.165) is 11.1 Å². The fourth-order valence-corrected chi connectivity index (χ4v) is 2.20. The van der Waals surface area contributed by atoms with E-state index in [-0.39, 0.29) is 17.1 Å². The van der Waals surface area contributed by atoms with Crippen molar-refractivity contribution in [3.63, 3.8) is 0 Å². The van der Waals surface area contributed by atoms with Crippen LogP contribution in [0, 0.1) is 5.82 Å². The zero-order valence-corrected chi connectivity index (χ0v) is 13.4. The zero-order chi connectivity index (χ0) is 15.5. The van der Waals surface area contributed by atoms with Gasteiger partial charge in [-0.15, -0.1) is 11.6 Å². The van der Waals surface area contributed by atoms with Crippen LogP contribution in [-0.4, -0.2) is 0 Å². The average molecular weight is 307 g/mol. The van der Waals surface area contributed by atoms with Crippen molar-refractivity contribution < 1.29 is 9.13 Å². The molecule has 21 heavy (non-hydrogen) atoms. The molecule has 2 aromatic rings. The van der Waals surface area contributed by atoms with Crippen molar-refractivity contribution in [1.29, 1.82) is 0 Å². The third-order valence-corrected chi connectivity index (χ3v) is 3.62. The van der Waals surface area contributed by atoms with E-state index in [2.05, 4.69) is 32.9 Å². The lowest BCUT2D eigenvalue weighted by atomic mass is 9.87. The molecule has 0 atom stereocenters. The van der Waals surface area contributed by atoms with Crippen LogP contribution in [0.5, 0.6) is 5.75 Å². The number of halogens is 2. The van der Waals surface area contributed by atoms with E-state index in [1.165, 1.54) is 17.7 Å². The molecule has 0 unspecified atom stereocenters. The topological polar surface area (TPSA) is 9.23 Å². The molecular formula is C18H20ClFO. The fourth-order valence-electron chi connectivity index (χ4n) is 2.05. The molecule has 2 rings (SSSR count). The molecule has 0 heterocycles. The number of rotatable bonds is 4. The highest BCUT2D eigenvalue weighted by Crippen LogP contribution is 2.23. The summed E-state index contributed by atoms with van der Waals surface area (Å²) in [5.74, 6) is 0.450. The van der Waals surface area contributed by atoms with Crippen molar-refractivity contribution in [2.75, 3.05) is 0 Å². The van der Waals surface area contributed by atoms with Crippen molar-refractivity contribution >= 4 is 11.6 Å². The Morgan fingerprint density at radius 2 is 1.67 bits per heavy atom. The van der Waals surface area contributed by atoms with Gasteiger partial charge in [-0.25, -0.2) is 4.39 Å². The van der Waals surface area contributed by atoms with E-state index in [9.17, 15) is 4.39 Å². The Balaban J connectivity index is 2.05. The van der Waals surface area contributed by atoms with Gasteiger partial charge in [-0.3, -0.25) is 0 Å². The van der Waals surface area contributed by atoms with Crippen molar-refractivity contribution in [1.82, 2.24) is 0 Å². The Morgan fingerprint density at radius 3 is 2.24 bits per heavy atom. The zero-order valence-electron chi connectivity index (χ0n) is 12.6. The number of hydrogen-bond donors (Lipinski definition) is 0. The van der Waals surface area contributed by atoms with Gasteiger partial charge in [0, 0.05) is 11.9 Å². The van der Waals surface area contributed by atoms with Crippen LogP contribution in [0.25, 0.3) is 0 Å².